The molecule has 0 bridgehead atoms. The van der Waals surface area contributed by atoms with E-state index < -0.39 is 9.84 Å². The summed E-state index contributed by atoms with van der Waals surface area (Å²) < 4.78 is 27.4. The summed E-state index contributed by atoms with van der Waals surface area (Å²) in [6.07, 6.45) is 2.98. The summed E-state index contributed by atoms with van der Waals surface area (Å²) in [7, 11) is -3.25. The van der Waals surface area contributed by atoms with Crippen LogP contribution in [0.1, 0.15) is 41.3 Å². The van der Waals surface area contributed by atoms with Gasteiger partial charge in [-0.2, -0.15) is 0 Å². The van der Waals surface area contributed by atoms with E-state index in [0.717, 1.165) is 18.2 Å². The lowest BCUT2D eigenvalue weighted by Gasteiger charge is -2.16. The van der Waals surface area contributed by atoms with Gasteiger partial charge in [-0.05, 0) is 12.0 Å². The molecule has 1 aromatic heterocycles. The topological polar surface area (TPSA) is 89.3 Å². The summed E-state index contributed by atoms with van der Waals surface area (Å²) >= 11 is 0. The Labute approximate surface area is 129 Å². The summed E-state index contributed by atoms with van der Waals surface area (Å²) in [6, 6.07) is 9.46. The number of oxazole rings is 1. The predicted molar refractivity (Wildman–Crippen MR) is 82.0 cm³/mol. The van der Waals surface area contributed by atoms with Crippen LogP contribution in [0, 0.1) is 0 Å². The Hall–Kier alpha value is -2.15. The highest BCUT2D eigenvalue weighted by atomic mass is 32.2. The third kappa shape index (κ3) is 4.42. The molecule has 1 heterocycles. The second-order valence-corrected chi connectivity index (χ2v) is 7.18. The molecule has 2 aromatic rings. The van der Waals surface area contributed by atoms with E-state index in [4.69, 9.17) is 4.42 Å². The van der Waals surface area contributed by atoms with Crippen LogP contribution in [0.3, 0.4) is 0 Å². The quantitative estimate of drug-likeness (QED) is 0.879. The fourth-order valence-electron chi connectivity index (χ4n) is 2.04. The molecular formula is C15H18N2O4S. The third-order valence-corrected chi connectivity index (χ3v) is 3.86. The molecule has 0 saturated carbocycles. The molecule has 1 aromatic carbocycles. The van der Waals surface area contributed by atoms with Crippen LogP contribution in [0.5, 0.6) is 0 Å². The van der Waals surface area contributed by atoms with Gasteiger partial charge in [-0.3, -0.25) is 4.79 Å². The molecule has 0 radical (unpaired) electrons. The van der Waals surface area contributed by atoms with Crippen molar-refractivity contribution >= 4 is 15.7 Å². The lowest BCUT2D eigenvalue weighted by Crippen LogP contribution is -2.28. The maximum absolute atomic E-state index is 12.2. The zero-order valence-corrected chi connectivity index (χ0v) is 13.3. The highest BCUT2D eigenvalue weighted by molar-refractivity contribution is 7.89. The second-order valence-electron chi connectivity index (χ2n) is 5.04. The molecular weight excluding hydrogens is 304 g/mol. The molecule has 0 fully saturated rings. The lowest BCUT2D eigenvalue weighted by atomic mass is 10.0. The van der Waals surface area contributed by atoms with E-state index in [2.05, 4.69) is 10.3 Å². The standard InChI is InChI=1S/C15H18N2O4S/c1-3-12(11-7-5-4-6-8-11)17-15(18)13-9-21-14(16-13)10-22(2,19)20/h4-9,12H,3,10H2,1-2H3,(H,17,18). The Morgan fingerprint density at radius 2 is 2.00 bits per heavy atom. The van der Waals surface area contributed by atoms with Crippen LogP contribution in [0.25, 0.3) is 0 Å². The molecule has 7 heteroatoms. The average molecular weight is 322 g/mol. The van der Waals surface area contributed by atoms with Gasteiger partial charge in [-0.15, -0.1) is 0 Å². The van der Waals surface area contributed by atoms with Gasteiger partial charge < -0.3 is 9.73 Å². The number of amides is 1. The van der Waals surface area contributed by atoms with Gasteiger partial charge in [0.2, 0.25) is 5.89 Å². The van der Waals surface area contributed by atoms with Gasteiger partial charge in [0, 0.05) is 6.26 Å². The molecule has 0 saturated heterocycles. The fourth-order valence-corrected chi connectivity index (χ4v) is 2.63. The number of aromatic nitrogens is 1. The molecule has 0 spiro atoms. The monoisotopic (exact) mass is 322 g/mol. The normalized spacial score (nSPS) is 12.8. The summed E-state index contributed by atoms with van der Waals surface area (Å²) in [5.74, 6) is -0.699. The van der Waals surface area contributed by atoms with Crippen LogP contribution in [0.4, 0.5) is 0 Å². The van der Waals surface area contributed by atoms with Gasteiger partial charge >= 0.3 is 0 Å². The number of hydrogen-bond acceptors (Lipinski definition) is 5. The molecule has 0 aliphatic rings. The van der Waals surface area contributed by atoms with E-state index in [1.54, 1.807) is 0 Å². The molecule has 6 nitrogen and oxygen atoms in total. The Morgan fingerprint density at radius 1 is 1.32 bits per heavy atom. The summed E-state index contributed by atoms with van der Waals surface area (Å²) in [5.41, 5.74) is 1.08. The molecule has 1 amide bonds. The van der Waals surface area contributed by atoms with Crippen molar-refractivity contribution in [2.75, 3.05) is 6.26 Å². The zero-order valence-electron chi connectivity index (χ0n) is 12.4. The first kappa shape index (κ1) is 16.2. The Bertz CT molecular complexity index is 738. The number of carbonyl (C=O) groups excluding carboxylic acids is 1. The van der Waals surface area contributed by atoms with Gasteiger partial charge in [0.15, 0.2) is 15.5 Å². The van der Waals surface area contributed by atoms with Gasteiger partial charge in [-0.1, -0.05) is 37.3 Å². The summed E-state index contributed by atoms with van der Waals surface area (Å²) in [4.78, 5) is 16.1. The maximum atomic E-state index is 12.2. The number of carbonyl (C=O) groups is 1. The van der Waals surface area contributed by atoms with Gasteiger partial charge in [0.25, 0.3) is 5.91 Å². The van der Waals surface area contributed by atoms with Gasteiger partial charge in [0.05, 0.1) is 6.04 Å². The highest BCUT2D eigenvalue weighted by Crippen LogP contribution is 2.17. The number of sulfone groups is 1. The number of hydrogen-bond donors (Lipinski definition) is 1. The second kappa shape index (κ2) is 6.74. The summed E-state index contributed by atoms with van der Waals surface area (Å²) in [5, 5.41) is 2.86. The minimum absolute atomic E-state index is 0.0143. The Morgan fingerprint density at radius 3 is 2.59 bits per heavy atom. The van der Waals surface area contributed by atoms with Crippen LogP contribution in [0.2, 0.25) is 0 Å². The van der Waals surface area contributed by atoms with E-state index in [0.29, 0.717) is 0 Å². The highest BCUT2D eigenvalue weighted by Gasteiger charge is 2.18. The van der Waals surface area contributed by atoms with Crippen molar-refractivity contribution in [3.05, 3.63) is 53.7 Å². The molecule has 0 aliphatic carbocycles. The van der Waals surface area contributed by atoms with Crippen molar-refractivity contribution < 1.29 is 17.6 Å². The average Bonchev–Trinajstić information content (AvgIpc) is 2.92. The first-order valence-corrected chi connectivity index (χ1v) is 8.93. The fraction of sp³-hybridized carbons (Fsp3) is 0.333. The number of nitrogens with one attached hydrogen (secondary N) is 1. The smallest absolute Gasteiger partial charge is 0.273 e. The van der Waals surface area contributed by atoms with E-state index in [9.17, 15) is 13.2 Å². The third-order valence-electron chi connectivity index (χ3n) is 3.09. The van der Waals surface area contributed by atoms with Crippen molar-refractivity contribution in [1.82, 2.24) is 10.3 Å². The van der Waals surface area contributed by atoms with Crippen molar-refractivity contribution in [3.63, 3.8) is 0 Å². The number of benzene rings is 1. The predicted octanol–water partition coefficient (Wildman–Crippen LogP) is 2.10. The van der Waals surface area contributed by atoms with Crippen LogP contribution < -0.4 is 5.32 Å². The van der Waals surface area contributed by atoms with Crippen molar-refractivity contribution in [2.24, 2.45) is 0 Å². The van der Waals surface area contributed by atoms with Crippen molar-refractivity contribution in [1.29, 1.82) is 0 Å². The van der Waals surface area contributed by atoms with E-state index in [-0.39, 0.29) is 29.3 Å². The SMILES string of the molecule is CCC(NC(=O)c1coc(CS(C)(=O)=O)n1)c1ccccc1. The summed E-state index contributed by atoms with van der Waals surface area (Å²) in [6.45, 7) is 1.97. The number of nitrogens with zero attached hydrogens (tertiary/aromatic N) is 1. The van der Waals surface area contributed by atoms with Crippen molar-refractivity contribution in [2.45, 2.75) is 25.1 Å². The number of rotatable bonds is 6. The molecule has 22 heavy (non-hydrogen) atoms. The first-order chi connectivity index (χ1) is 10.4. The Balaban J connectivity index is 2.08. The molecule has 0 aliphatic heterocycles. The van der Waals surface area contributed by atoms with E-state index >= 15 is 0 Å². The minimum Gasteiger partial charge on any atom is -0.447 e. The van der Waals surface area contributed by atoms with E-state index in [1.165, 1.54) is 6.26 Å². The lowest BCUT2D eigenvalue weighted by molar-refractivity contribution is 0.0930. The van der Waals surface area contributed by atoms with Crippen LogP contribution in [0.15, 0.2) is 41.0 Å². The minimum atomic E-state index is -3.25. The van der Waals surface area contributed by atoms with E-state index in [1.807, 2.05) is 37.3 Å². The van der Waals surface area contributed by atoms with Crippen LogP contribution in [-0.4, -0.2) is 25.6 Å². The van der Waals surface area contributed by atoms with Crippen LogP contribution in [-0.2, 0) is 15.6 Å². The molecule has 118 valence electrons. The van der Waals surface area contributed by atoms with Gasteiger partial charge in [0.1, 0.15) is 12.0 Å². The van der Waals surface area contributed by atoms with Crippen LogP contribution >= 0.6 is 0 Å². The molecule has 2 rings (SSSR count). The largest absolute Gasteiger partial charge is 0.447 e. The molecule has 1 atom stereocenters. The molecule has 1 unspecified atom stereocenters. The zero-order chi connectivity index (χ0) is 16.2. The van der Waals surface area contributed by atoms with Crippen molar-refractivity contribution in [3.8, 4) is 0 Å². The Kier molecular flexibility index (Phi) is 4.97. The first-order valence-electron chi connectivity index (χ1n) is 6.87. The molecule has 1 N–H and O–H groups in total. The van der Waals surface area contributed by atoms with Gasteiger partial charge in [-0.25, -0.2) is 13.4 Å². The maximum Gasteiger partial charge on any atom is 0.273 e.